The van der Waals surface area contributed by atoms with Gasteiger partial charge in [0.05, 0.1) is 6.26 Å². The fourth-order valence-electron chi connectivity index (χ4n) is 0.830. The average Bonchev–Trinajstić information content (AvgIpc) is 1.87. The smallest absolute Gasteiger partial charge is 0.0794 e. The van der Waals surface area contributed by atoms with Gasteiger partial charge in [-0.2, -0.15) is 0 Å². The summed E-state index contributed by atoms with van der Waals surface area (Å²) < 4.78 is 0. The van der Waals surface area contributed by atoms with E-state index in [4.69, 9.17) is 5.11 Å². The van der Waals surface area contributed by atoms with Gasteiger partial charge in [0.25, 0.3) is 0 Å². The van der Waals surface area contributed by atoms with Crippen molar-refractivity contribution in [2.75, 3.05) is 0 Å². The zero-order valence-corrected chi connectivity index (χ0v) is 7.67. The first kappa shape index (κ1) is 10.3. The van der Waals surface area contributed by atoms with Crippen LogP contribution >= 0.6 is 0 Å². The molecule has 0 radical (unpaired) electrons. The normalized spacial score (nSPS) is 13.3. The largest absolute Gasteiger partial charge is 0.516 e. The summed E-state index contributed by atoms with van der Waals surface area (Å²) in [6, 6.07) is 0. The first-order valence-corrected chi connectivity index (χ1v) is 4.14. The molecule has 1 nitrogen and oxygen atoms in total. The quantitative estimate of drug-likeness (QED) is 0.486. The van der Waals surface area contributed by atoms with E-state index in [1.165, 1.54) is 6.42 Å². The maximum absolute atomic E-state index is 8.42. The highest BCUT2D eigenvalue weighted by atomic mass is 16.2. The Balaban J connectivity index is 3.56. The second-order valence-electron chi connectivity index (χ2n) is 3.24. The monoisotopic (exact) mass is 154 g/mol. The molecule has 0 atom stereocenters. The van der Waals surface area contributed by atoms with E-state index in [0.717, 1.165) is 24.2 Å². The lowest BCUT2D eigenvalue weighted by molar-refractivity contribution is 0.473. The second kappa shape index (κ2) is 6.02. The lowest BCUT2D eigenvalue weighted by Gasteiger charge is -1.99. The van der Waals surface area contributed by atoms with Gasteiger partial charge in [-0.05, 0) is 31.8 Å². The summed E-state index contributed by atoms with van der Waals surface area (Å²) in [7, 11) is 0. The van der Waals surface area contributed by atoms with E-state index in [0.29, 0.717) is 0 Å². The lowest BCUT2D eigenvalue weighted by Crippen LogP contribution is -1.84. The highest BCUT2D eigenvalue weighted by Gasteiger charge is 1.90. The Bertz CT molecular complexity index is 143. The summed E-state index contributed by atoms with van der Waals surface area (Å²) in [5, 5.41) is 8.42. The molecular weight excluding hydrogens is 136 g/mol. The highest BCUT2D eigenvalue weighted by molar-refractivity contribution is 5.13. The van der Waals surface area contributed by atoms with E-state index in [-0.39, 0.29) is 0 Å². The number of hydrogen-bond donors (Lipinski definition) is 1. The lowest BCUT2D eigenvalue weighted by atomic mass is 10.1. The Morgan fingerprint density at radius 2 is 2.09 bits per heavy atom. The highest BCUT2D eigenvalue weighted by Crippen LogP contribution is 2.06. The Kier molecular flexibility index (Phi) is 5.63. The Morgan fingerprint density at radius 3 is 2.55 bits per heavy atom. The van der Waals surface area contributed by atoms with Crippen molar-refractivity contribution < 1.29 is 5.11 Å². The van der Waals surface area contributed by atoms with Crippen LogP contribution in [-0.2, 0) is 0 Å². The molecule has 1 heteroatoms. The fraction of sp³-hybridized carbons (Fsp3) is 0.600. The molecule has 0 aromatic rings. The van der Waals surface area contributed by atoms with E-state index < -0.39 is 0 Å². The minimum atomic E-state index is 0.761. The molecule has 1 N–H and O–H groups in total. The van der Waals surface area contributed by atoms with Crippen LogP contribution < -0.4 is 0 Å². The number of hydrogen-bond acceptors (Lipinski definition) is 1. The number of rotatable bonds is 4. The number of aliphatic hydroxyl groups is 1. The van der Waals surface area contributed by atoms with Crippen LogP contribution in [0.4, 0.5) is 0 Å². The first-order valence-electron chi connectivity index (χ1n) is 4.14. The molecule has 0 aliphatic heterocycles. The molecule has 0 amide bonds. The van der Waals surface area contributed by atoms with Gasteiger partial charge in [-0.1, -0.05) is 25.5 Å². The van der Waals surface area contributed by atoms with Gasteiger partial charge in [0.2, 0.25) is 0 Å². The molecule has 0 heterocycles. The summed E-state index contributed by atoms with van der Waals surface area (Å²) in [5.41, 5.74) is 1.13. The predicted molar refractivity (Wildman–Crippen MR) is 49.6 cm³/mol. The van der Waals surface area contributed by atoms with Gasteiger partial charge in [0.15, 0.2) is 0 Å². The summed E-state index contributed by atoms with van der Waals surface area (Å²) in [4.78, 5) is 0. The molecule has 0 aliphatic carbocycles. The van der Waals surface area contributed by atoms with Crippen LogP contribution in [0.2, 0.25) is 0 Å². The van der Waals surface area contributed by atoms with Crippen molar-refractivity contribution in [2.45, 2.75) is 33.6 Å². The van der Waals surface area contributed by atoms with Gasteiger partial charge in [-0.3, -0.25) is 0 Å². The van der Waals surface area contributed by atoms with Crippen molar-refractivity contribution in [3.8, 4) is 0 Å². The summed E-state index contributed by atoms with van der Waals surface area (Å²) in [5.74, 6) is 0.761. The summed E-state index contributed by atoms with van der Waals surface area (Å²) >= 11 is 0. The molecule has 0 aromatic carbocycles. The van der Waals surface area contributed by atoms with Gasteiger partial charge < -0.3 is 5.11 Å². The maximum Gasteiger partial charge on any atom is 0.0794 e. The molecule has 0 rings (SSSR count). The number of aliphatic hydroxyl groups excluding tert-OH is 1. The van der Waals surface area contributed by atoms with E-state index >= 15 is 0 Å². The molecule has 0 fully saturated rings. The van der Waals surface area contributed by atoms with Crippen LogP contribution in [0.1, 0.15) is 33.6 Å². The third kappa shape index (κ3) is 7.17. The molecule has 0 bridgehead atoms. The molecule has 0 aliphatic rings. The molecule has 0 saturated heterocycles. The fourth-order valence-corrected chi connectivity index (χ4v) is 0.830. The van der Waals surface area contributed by atoms with Crippen LogP contribution in [0.3, 0.4) is 0 Å². The topological polar surface area (TPSA) is 20.2 Å². The average molecular weight is 154 g/mol. The molecular formula is C10H18O. The molecule has 64 valence electrons. The van der Waals surface area contributed by atoms with Crippen LogP contribution in [0.5, 0.6) is 0 Å². The summed E-state index contributed by atoms with van der Waals surface area (Å²) in [6.07, 6.45) is 7.26. The SMILES string of the molecule is C/C(C=CO)=C/CCC(C)C. The van der Waals surface area contributed by atoms with Gasteiger partial charge in [0, 0.05) is 0 Å². The van der Waals surface area contributed by atoms with Gasteiger partial charge in [-0.15, -0.1) is 0 Å². The van der Waals surface area contributed by atoms with Gasteiger partial charge in [-0.25, -0.2) is 0 Å². The zero-order valence-electron chi connectivity index (χ0n) is 7.67. The first-order chi connectivity index (χ1) is 5.16. The van der Waals surface area contributed by atoms with Crippen molar-refractivity contribution in [1.82, 2.24) is 0 Å². The maximum atomic E-state index is 8.42. The van der Waals surface area contributed by atoms with E-state index in [1.807, 2.05) is 6.92 Å². The van der Waals surface area contributed by atoms with Crippen LogP contribution in [-0.4, -0.2) is 5.11 Å². The van der Waals surface area contributed by atoms with Gasteiger partial charge in [0.1, 0.15) is 0 Å². The third-order valence-electron chi connectivity index (χ3n) is 1.55. The minimum absolute atomic E-state index is 0.761. The van der Waals surface area contributed by atoms with Crippen molar-refractivity contribution in [1.29, 1.82) is 0 Å². The van der Waals surface area contributed by atoms with Crippen molar-refractivity contribution >= 4 is 0 Å². The van der Waals surface area contributed by atoms with Crippen molar-refractivity contribution in [3.05, 3.63) is 24.0 Å². The zero-order chi connectivity index (χ0) is 8.69. The molecule has 11 heavy (non-hydrogen) atoms. The molecule has 0 saturated carbocycles. The van der Waals surface area contributed by atoms with Crippen LogP contribution in [0.25, 0.3) is 0 Å². The van der Waals surface area contributed by atoms with E-state index in [9.17, 15) is 0 Å². The minimum Gasteiger partial charge on any atom is -0.516 e. The standard InChI is InChI=1S/C10H18O/c1-9(2)5-4-6-10(3)7-8-11/h6-9,11H,4-5H2,1-3H3/b8-7?,10-6-. The Hall–Kier alpha value is -0.720. The Morgan fingerprint density at radius 1 is 1.45 bits per heavy atom. The van der Waals surface area contributed by atoms with Crippen LogP contribution in [0, 0.1) is 5.92 Å². The van der Waals surface area contributed by atoms with Crippen LogP contribution in [0.15, 0.2) is 24.0 Å². The van der Waals surface area contributed by atoms with Crippen molar-refractivity contribution in [2.24, 2.45) is 5.92 Å². The molecule has 0 spiro atoms. The Labute approximate surface area is 69.4 Å². The third-order valence-corrected chi connectivity index (χ3v) is 1.55. The van der Waals surface area contributed by atoms with Gasteiger partial charge >= 0.3 is 0 Å². The molecule has 0 aromatic heterocycles. The molecule has 0 unspecified atom stereocenters. The second-order valence-corrected chi connectivity index (χ2v) is 3.24. The van der Waals surface area contributed by atoms with E-state index in [2.05, 4.69) is 19.9 Å². The van der Waals surface area contributed by atoms with Crippen molar-refractivity contribution in [3.63, 3.8) is 0 Å². The van der Waals surface area contributed by atoms with E-state index in [1.54, 1.807) is 6.08 Å². The predicted octanol–water partition coefficient (Wildman–Crippen LogP) is 3.44. The number of allylic oxidation sites excluding steroid dienone is 3. The summed E-state index contributed by atoms with van der Waals surface area (Å²) in [6.45, 7) is 6.42.